The number of benzene rings is 1. The van der Waals surface area contributed by atoms with Crippen LogP contribution in [-0.4, -0.2) is 48.0 Å². The fourth-order valence-corrected chi connectivity index (χ4v) is 2.98. The number of aliphatic hydroxyl groups is 1. The Morgan fingerprint density at radius 2 is 1.85 bits per heavy atom. The molecule has 0 aromatic heterocycles. The number of rotatable bonds is 7. The summed E-state index contributed by atoms with van der Waals surface area (Å²) < 4.78 is 26.1. The van der Waals surface area contributed by atoms with Crippen LogP contribution in [0.1, 0.15) is 62.2 Å². The van der Waals surface area contributed by atoms with Crippen molar-refractivity contribution in [3.05, 3.63) is 28.6 Å². The van der Waals surface area contributed by atoms with Crippen LogP contribution in [0.25, 0.3) is 0 Å². The van der Waals surface area contributed by atoms with Crippen LogP contribution in [-0.2, 0) is 4.18 Å². The van der Waals surface area contributed by atoms with Gasteiger partial charge >= 0.3 is 0 Å². The summed E-state index contributed by atoms with van der Waals surface area (Å²) in [6.45, 7) is 13.1. The molecule has 0 aliphatic rings. The minimum atomic E-state index is -1.47. The average molecular weight is 423 g/mol. The summed E-state index contributed by atoms with van der Waals surface area (Å²) in [5, 5.41) is 10.6. The Hall–Kier alpha value is -0.680. The Balaban J connectivity index is 0.00000326. The van der Waals surface area contributed by atoms with E-state index in [2.05, 4.69) is 30.0 Å². The lowest BCUT2D eigenvalue weighted by Crippen LogP contribution is -2.27. The number of carbonyl (C=O) groups is 1. The quantitative estimate of drug-likeness (QED) is 0.493. The van der Waals surface area contributed by atoms with E-state index in [4.69, 9.17) is 8.92 Å². The second kappa shape index (κ2) is 10.8. The van der Waals surface area contributed by atoms with Gasteiger partial charge in [0.1, 0.15) is 17.7 Å². The Morgan fingerprint density at radius 3 is 2.26 bits per heavy atom. The first kappa shape index (κ1) is 26.3. The second-order valence-electron chi connectivity index (χ2n) is 7.43. The maximum absolute atomic E-state index is 14.7. The van der Waals surface area contributed by atoms with Gasteiger partial charge in [-0.15, -0.1) is 19.5 Å². The Labute approximate surface area is 167 Å². The van der Waals surface area contributed by atoms with Crippen molar-refractivity contribution < 1.29 is 23.2 Å². The third-order valence-electron chi connectivity index (χ3n) is 4.43. The predicted molar refractivity (Wildman–Crippen MR) is 118 cm³/mol. The molecule has 0 radical (unpaired) electrons. The molecule has 4 nitrogen and oxygen atoms in total. The van der Waals surface area contributed by atoms with Gasteiger partial charge in [0.2, 0.25) is 0 Å². The van der Waals surface area contributed by atoms with Gasteiger partial charge < -0.3 is 14.0 Å². The summed E-state index contributed by atoms with van der Waals surface area (Å²) in [6, 6.07) is 1.46. The number of carbonyl (C=O) groups excluding carboxylic acids is 1. The molecule has 0 aliphatic carbocycles. The maximum Gasteiger partial charge on any atom is 0.163 e. The van der Waals surface area contributed by atoms with Crippen molar-refractivity contribution >= 4 is 25.3 Å². The van der Waals surface area contributed by atoms with E-state index in [-0.39, 0.29) is 40.6 Å². The number of halogens is 1. The van der Waals surface area contributed by atoms with Crippen LogP contribution in [0.2, 0.25) is 0 Å². The Kier molecular flexibility index (Phi) is 10.5. The molecular weight excluding hydrogens is 386 g/mol. The highest BCUT2D eigenvalue weighted by molar-refractivity contribution is 8.29. The maximum atomic E-state index is 14.7. The number of ketones is 1. The first-order valence-corrected chi connectivity index (χ1v) is 12.5. The van der Waals surface area contributed by atoms with Crippen LogP contribution in [0.4, 0.5) is 4.39 Å². The lowest BCUT2D eigenvalue weighted by molar-refractivity contribution is 0.0998. The number of aryl methyl sites for hydroxylation is 1. The number of hydrogen-bond acceptors (Lipinski definition) is 4. The van der Waals surface area contributed by atoms with Crippen molar-refractivity contribution in [2.75, 3.05) is 32.4 Å². The van der Waals surface area contributed by atoms with Crippen molar-refractivity contribution in [2.45, 2.75) is 52.4 Å². The highest BCUT2D eigenvalue weighted by atomic mass is 32.3. The zero-order valence-electron chi connectivity index (χ0n) is 18.1. The van der Waals surface area contributed by atoms with Gasteiger partial charge in [-0.05, 0) is 44.9 Å². The van der Waals surface area contributed by atoms with E-state index < -0.39 is 22.2 Å². The van der Waals surface area contributed by atoms with Gasteiger partial charge in [0.05, 0.1) is 24.3 Å². The van der Waals surface area contributed by atoms with Gasteiger partial charge in [-0.25, -0.2) is 4.39 Å². The van der Waals surface area contributed by atoms with E-state index in [9.17, 15) is 14.3 Å². The molecule has 0 saturated carbocycles. The van der Waals surface area contributed by atoms with Crippen LogP contribution >= 0.6 is 19.5 Å². The fraction of sp³-hybridized carbons (Fsp3) is 0.650. The predicted octanol–water partition coefficient (Wildman–Crippen LogP) is 5.05. The lowest BCUT2D eigenvalue weighted by Gasteiger charge is -2.44. The zero-order chi connectivity index (χ0) is 21.6. The number of hydrogen-bond donors (Lipinski definition) is 1. The van der Waals surface area contributed by atoms with Crippen molar-refractivity contribution in [1.29, 1.82) is 0 Å². The third kappa shape index (κ3) is 6.70. The van der Waals surface area contributed by atoms with E-state index in [1.165, 1.54) is 13.0 Å². The molecule has 0 amide bonds. The average Bonchev–Trinajstić information content (AvgIpc) is 2.57. The van der Waals surface area contributed by atoms with Crippen LogP contribution < -0.4 is 4.74 Å². The normalized spacial score (nSPS) is 13.5. The Bertz CT molecular complexity index is 642. The monoisotopic (exact) mass is 422 g/mol. The molecule has 0 saturated heterocycles. The van der Waals surface area contributed by atoms with E-state index in [1.54, 1.807) is 13.8 Å². The van der Waals surface area contributed by atoms with Gasteiger partial charge in [0, 0.05) is 4.75 Å². The topological polar surface area (TPSA) is 55.8 Å². The molecule has 2 unspecified atom stereocenters. The van der Waals surface area contributed by atoms with Crippen LogP contribution in [0.5, 0.6) is 5.75 Å². The third-order valence-corrected chi connectivity index (χ3v) is 8.10. The van der Waals surface area contributed by atoms with Gasteiger partial charge in [-0.3, -0.25) is 4.79 Å². The minimum Gasteiger partial charge on any atom is -0.493 e. The molecule has 0 spiro atoms. The van der Waals surface area contributed by atoms with Crippen LogP contribution in [0.15, 0.2) is 6.07 Å². The summed E-state index contributed by atoms with van der Waals surface area (Å²) in [5.41, 5.74) is 0.568. The van der Waals surface area contributed by atoms with Gasteiger partial charge in [0.25, 0.3) is 0 Å². The molecular formula is C20H36FO4PS. The highest BCUT2D eigenvalue weighted by Gasteiger charge is 2.31. The van der Waals surface area contributed by atoms with E-state index in [0.717, 1.165) is 0 Å². The molecule has 1 aromatic rings. The number of Topliss-reactive ketones (excluding diaryl/α,β-unsaturated/α-hetero) is 1. The van der Waals surface area contributed by atoms with Crippen LogP contribution in [0, 0.1) is 12.7 Å². The van der Waals surface area contributed by atoms with Crippen LogP contribution in [0.3, 0.4) is 0 Å². The molecule has 27 heavy (non-hydrogen) atoms. The molecule has 1 N–H and O–H groups in total. The SMILES string of the molecule is CCOc1c(C(C)=O)cc(C)c(F)c1C(O)COS(C)(C)C(C)(C)C.CP. The first-order chi connectivity index (χ1) is 12.3. The summed E-state index contributed by atoms with van der Waals surface area (Å²) >= 11 is 0. The smallest absolute Gasteiger partial charge is 0.163 e. The zero-order valence-corrected chi connectivity index (χ0v) is 20.1. The summed E-state index contributed by atoms with van der Waals surface area (Å²) in [6.07, 6.45) is 2.81. The molecule has 2 atom stereocenters. The van der Waals surface area contributed by atoms with E-state index >= 15 is 0 Å². The first-order valence-electron chi connectivity index (χ1n) is 8.93. The minimum absolute atomic E-state index is 0.00356. The number of aliphatic hydroxyl groups excluding tert-OH is 1. The lowest BCUT2D eigenvalue weighted by atomic mass is 9.98. The Morgan fingerprint density at radius 1 is 1.33 bits per heavy atom. The van der Waals surface area contributed by atoms with Gasteiger partial charge in [-0.1, -0.05) is 27.4 Å². The van der Waals surface area contributed by atoms with Gasteiger partial charge in [-0.2, -0.15) is 0 Å². The number of ether oxygens (including phenoxy) is 1. The van der Waals surface area contributed by atoms with Crippen molar-refractivity contribution in [3.8, 4) is 5.75 Å². The molecule has 158 valence electrons. The molecule has 0 bridgehead atoms. The summed E-state index contributed by atoms with van der Waals surface area (Å²) in [5.74, 6) is -0.688. The molecule has 0 fully saturated rings. The standard InChI is InChI=1S/C19H31FO4S.CH5P/c1-9-23-18-14(13(3)21)10-12(2)17(20)16(18)15(22)11-24-25(7,8)19(4,5)6;1-2/h10,15,22H,9,11H2,1-8H3;2H2,1H3. The largest absolute Gasteiger partial charge is 0.493 e. The summed E-state index contributed by atoms with van der Waals surface area (Å²) in [4.78, 5) is 11.9. The highest BCUT2D eigenvalue weighted by Crippen LogP contribution is 2.54. The van der Waals surface area contributed by atoms with E-state index in [1.807, 2.05) is 19.2 Å². The molecule has 1 aromatic carbocycles. The molecule has 0 heterocycles. The molecule has 1 rings (SSSR count). The van der Waals surface area contributed by atoms with Gasteiger partial charge in [0.15, 0.2) is 5.78 Å². The summed E-state index contributed by atoms with van der Waals surface area (Å²) in [7, 11) is 0.951. The fourth-order valence-electron chi connectivity index (χ4n) is 2.16. The molecule has 7 heteroatoms. The van der Waals surface area contributed by atoms with Crippen molar-refractivity contribution in [2.24, 2.45) is 0 Å². The van der Waals surface area contributed by atoms with E-state index in [0.29, 0.717) is 5.56 Å². The molecule has 0 aliphatic heterocycles. The second-order valence-corrected chi connectivity index (χ2v) is 11.4. The van der Waals surface area contributed by atoms with Crippen molar-refractivity contribution in [3.63, 3.8) is 0 Å². The van der Waals surface area contributed by atoms with Crippen molar-refractivity contribution in [1.82, 2.24) is 0 Å².